The normalized spacial score (nSPS) is 10.1. The molecule has 2 aromatic rings. The number of nitrogens with zero attached hydrogens (tertiary/aromatic N) is 1. The Morgan fingerprint density at radius 2 is 1.69 bits per heavy atom. The average Bonchev–Trinajstić information content (AvgIpc) is 2.65. The van der Waals surface area contributed by atoms with Gasteiger partial charge in [0.05, 0.1) is 32.7 Å². The van der Waals surface area contributed by atoms with Crippen molar-refractivity contribution < 1.29 is 23.9 Å². The van der Waals surface area contributed by atoms with Gasteiger partial charge in [0.25, 0.3) is 5.69 Å². The molecule has 2 aromatic carbocycles. The zero-order chi connectivity index (χ0) is 19.1. The van der Waals surface area contributed by atoms with Gasteiger partial charge in [-0.05, 0) is 12.1 Å². The van der Waals surface area contributed by atoms with E-state index in [1.807, 2.05) is 0 Å². The highest BCUT2D eigenvalue weighted by Gasteiger charge is 2.18. The summed E-state index contributed by atoms with van der Waals surface area (Å²) in [6.45, 7) is 0.184. The lowest BCUT2D eigenvalue weighted by atomic mass is 10.1. The van der Waals surface area contributed by atoms with E-state index in [2.05, 4.69) is 5.32 Å². The van der Waals surface area contributed by atoms with Crippen LogP contribution in [0, 0.1) is 10.1 Å². The molecule has 0 heterocycles. The van der Waals surface area contributed by atoms with Crippen LogP contribution in [0.1, 0.15) is 11.1 Å². The first-order chi connectivity index (χ1) is 12.5. The van der Waals surface area contributed by atoms with Crippen molar-refractivity contribution in [2.45, 2.75) is 13.0 Å². The number of para-hydroxylation sites is 1. The van der Waals surface area contributed by atoms with E-state index in [0.29, 0.717) is 28.4 Å². The van der Waals surface area contributed by atoms with Gasteiger partial charge in [0.15, 0.2) is 11.5 Å². The van der Waals surface area contributed by atoms with Gasteiger partial charge < -0.3 is 19.5 Å². The smallest absolute Gasteiger partial charge is 0.273 e. The molecule has 0 bridgehead atoms. The first-order valence-corrected chi connectivity index (χ1v) is 7.78. The molecule has 1 amide bonds. The van der Waals surface area contributed by atoms with E-state index in [-0.39, 0.29) is 24.6 Å². The lowest BCUT2D eigenvalue weighted by Crippen LogP contribution is -2.25. The summed E-state index contributed by atoms with van der Waals surface area (Å²) in [6, 6.07) is 9.63. The van der Waals surface area contributed by atoms with Gasteiger partial charge in [0.1, 0.15) is 0 Å². The molecule has 0 aliphatic rings. The SMILES string of the molecule is COc1ccc(CNC(=O)Cc2ccccc2[N+](=O)[O-])c(OC)c1OC. The van der Waals surface area contributed by atoms with Gasteiger partial charge >= 0.3 is 0 Å². The third kappa shape index (κ3) is 4.21. The molecule has 0 saturated heterocycles. The molecule has 8 nitrogen and oxygen atoms in total. The maximum Gasteiger partial charge on any atom is 0.273 e. The average molecular weight is 360 g/mol. The van der Waals surface area contributed by atoms with Gasteiger partial charge in [-0.2, -0.15) is 0 Å². The maximum atomic E-state index is 12.2. The van der Waals surface area contributed by atoms with Crippen molar-refractivity contribution in [3.05, 3.63) is 57.6 Å². The van der Waals surface area contributed by atoms with Crippen LogP contribution in [-0.4, -0.2) is 32.2 Å². The Morgan fingerprint density at radius 3 is 2.31 bits per heavy atom. The highest BCUT2D eigenvalue weighted by Crippen LogP contribution is 2.39. The van der Waals surface area contributed by atoms with Crippen molar-refractivity contribution in [2.24, 2.45) is 0 Å². The molecule has 0 spiro atoms. The molecule has 0 aromatic heterocycles. The second kappa shape index (κ2) is 8.70. The van der Waals surface area contributed by atoms with Crippen LogP contribution in [-0.2, 0) is 17.8 Å². The fraction of sp³-hybridized carbons (Fsp3) is 0.278. The van der Waals surface area contributed by atoms with Gasteiger partial charge in [0, 0.05) is 23.7 Å². The molecule has 0 unspecified atom stereocenters. The van der Waals surface area contributed by atoms with Gasteiger partial charge in [-0.1, -0.05) is 18.2 Å². The molecule has 0 atom stereocenters. The quantitative estimate of drug-likeness (QED) is 0.573. The minimum absolute atomic E-state index is 0.0775. The number of amides is 1. The van der Waals surface area contributed by atoms with E-state index in [9.17, 15) is 14.9 Å². The van der Waals surface area contributed by atoms with Gasteiger partial charge in [-0.15, -0.1) is 0 Å². The highest BCUT2D eigenvalue weighted by atomic mass is 16.6. The Morgan fingerprint density at radius 1 is 1.00 bits per heavy atom. The molecule has 26 heavy (non-hydrogen) atoms. The molecular formula is C18H20N2O6. The summed E-state index contributed by atoms with van der Waals surface area (Å²) in [7, 11) is 4.51. The van der Waals surface area contributed by atoms with Gasteiger partial charge in [0.2, 0.25) is 11.7 Å². The number of rotatable bonds is 8. The summed E-state index contributed by atoms with van der Waals surface area (Å²) in [6.07, 6.45) is -0.0905. The van der Waals surface area contributed by atoms with Crippen LogP contribution < -0.4 is 19.5 Å². The zero-order valence-electron chi connectivity index (χ0n) is 14.8. The van der Waals surface area contributed by atoms with Crippen molar-refractivity contribution in [3.63, 3.8) is 0 Å². The summed E-state index contributed by atoms with van der Waals surface area (Å²) in [5.74, 6) is 1.06. The van der Waals surface area contributed by atoms with Gasteiger partial charge in [-0.3, -0.25) is 14.9 Å². The topological polar surface area (TPSA) is 99.9 Å². The molecule has 0 radical (unpaired) electrons. The molecule has 1 N–H and O–H groups in total. The summed E-state index contributed by atoms with van der Waals surface area (Å²) < 4.78 is 15.9. The molecule has 0 aliphatic carbocycles. The van der Waals surface area contributed by atoms with E-state index < -0.39 is 4.92 Å². The third-order valence-corrected chi connectivity index (χ3v) is 3.80. The second-order valence-corrected chi connectivity index (χ2v) is 5.33. The lowest BCUT2D eigenvalue weighted by Gasteiger charge is -2.16. The van der Waals surface area contributed by atoms with Crippen LogP contribution >= 0.6 is 0 Å². The Hall–Kier alpha value is -3.29. The van der Waals surface area contributed by atoms with E-state index in [1.165, 1.54) is 27.4 Å². The molecule has 0 fully saturated rings. The first kappa shape index (κ1) is 19.0. The number of ether oxygens (including phenoxy) is 3. The van der Waals surface area contributed by atoms with Crippen LogP contribution in [0.4, 0.5) is 5.69 Å². The number of carbonyl (C=O) groups is 1. The number of nitro groups is 1. The second-order valence-electron chi connectivity index (χ2n) is 5.33. The molecule has 138 valence electrons. The standard InChI is InChI=1S/C18H20N2O6/c1-24-15-9-8-13(17(25-2)18(15)26-3)11-19-16(21)10-12-6-4-5-7-14(12)20(22)23/h4-9H,10-11H2,1-3H3,(H,19,21). The van der Waals surface area contributed by atoms with Crippen LogP contribution in [0.25, 0.3) is 0 Å². The zero-order valence-corrected chi connectivity index (χ0v) is 14.8. The number of hydrogen-bond acceptors (Lipinski definition) is 6. The van der Waals surface area contributed by atoms with E-state index in [4.69, 9.17) is 14.2 Å². The number of methoxy groups -OCH3 is 3. The lowest BCUT2D eigenvalue weighted by molar-refractivity contribution is -0.385. The van der Waals surface area contributed by atoms with Crippen molar-refractivity contribution in [1.29, 1.82) is 0 Å². The van der Waals surface area contributed by atoms with Crippen LogP contribution in [0.15, 0.2) is 36.4 Å². The molecule has 2 rings (SSSR count). The Bertz CT molecular complexity index is 806. The first-order valence-electron chi connectivity index (χ1n) is 7.78. The maximum absolute atomic E-state index is 12.2. The van der Waals surface area contributed by atoms with Crippen molar-refractivity contribution in [3.8, 4) is 17.2 Å². The predicted octanol–water partition coefficient (Wildman–Crippen LogP) is 2.48. The fourth-order valence-electron chi connectivity index (χ4n) is 2.57. The predicted molar refractivity (Wildman–Crippen MR) is 94.7 cm³/mol. The summed E-state index contributed by atoms with van der Waals surface area (Å²) in [5, 5.41) is 13.8. The fourth-order valence-corrected chi connectivity index (χ4v) is 2.57. The summed E-state index contributed by atoms with van der Waals surface area (Å²) in [5.41, 5.74) is 0.974. The molecule has 0 aliphatic heterocycles. The molecule has 0 saturated carbocycles. The molecular weight excluding hydrogens is 340 g/mol. The number of carbonyl (C=O) groups excluding carboxylic acids is 1. The third-order valence-electron chi connectivity index (χ3n) is 3.80. The van der Waals surface area contributed by atoms with Crippen LogP contribution in [0.5, 0.6) is 17.2 Å². The van der Waals surface area contributed by atoms with E-state index >= 15 is 0 Å². The van der Waals surface area contributed by atoms with Crippen molar-refractivity contribution >= 4 is 11.6 Å². The number of nitrogens with one attached hydrogen (secondary N) is 1. The highest BCUT2D eigenvalue weighted by molar-refractivity contribution is 5.79. The van der Waals surface area contributed by atoms with E-state index in [0.717, 1.165) is 0 Å². The summed E-state index contributed by atoms with van der Waals surface area (Å²) in [4.78, 5) is 22.7. The van der Waals surface area contributed by atoms with Gasteiger partial charge in [-0.25, -0.2) is 0 Å². The van der Waals surface area contributed by atoms with Crippen LogP contribution in [0.3, 0.4) is 0 Å². The number of benzene rings is 2. The number of hydrogen-bond donors (Lipinski definition) is 1. The molecule has 8 heteroatoms. The number of nitro benzene ring substituents is 1. The minimum Gasteiger partial charge on any atom is -0.493 e. The Labute approximate surface area is 150 Å². The van der Waals surface area contributed by atoms with Crippen LogP contribution in [0.2, 0.25) is 0 Å². The Balaban J connectivity index is 2.12. The van der Waals surface area contributed by atoms with Crippen molar-refractivity contribution in [2.75, 3.05) is 21.3 Å². The monoisotopic (exact) mass is 360 g/mol. The minimum atomic E-state index is -0.500. The van der Waals surface area contributed by atoms with Crippen molar-refractivity contribution in [1.82, 2.24) is 5.32 Å². The Kier molecular flexibility index (Phi) is 6.37. The van der Waals surface area contributed by atoms with E-state index in [1.54, 1.807) is 30.3 Å². The largest absolute Gasteiger partial charge is 0.493 e. The summed E-state index contributed by atoms with van der Waals surface area (Å²) >= 11 is 0.